The molecule has 1 N–H and O–H groups in total. The van der Waals surface area contributed by atoms with E-state index >= 15 is 0 Å². The lowest BCUT2D eigenvalue weighted by Gasteiger charge is -2.08. The molecule has 15 heavy (non-hydrogen) atoms. The average Bonchev–Trinajstić information content (AvgIpc) is 2.65. The number of amides is 1. The van der Waals surface area contributed by atoms with E-state index in [0.29, 0.717) is 10.6 Å². The summed E-state index contributed by atoms with van der Waals surface area (Å²) in [5.41, 5.74) is 0. The van der Waals surface area contributed by atoms with Crippen LogP contribution in [-0.4, -0.2) is 24.8 Å². The van der Waals surface area contributed by atoms with E-state index in [4.69, 9.17) is 4.74 Å². The summed E-state index contributed by atoms with van der Waals surface area (Å²) in [6.45, 7) is 3.10. The van der Waals surface area contributed by atoms with E-state index in [2.05, 4.69) is 5.32 Å². The Morgan fingerprint density at radius 1 is 1.53 bits per heavy atom. The molecule has 1 aromatic rings. The summed E-state index contributed by atoms with van der Waals surface area (Å²) in [6.07, 6.45) is 0. The third kappa shape index (κ3) is 3.06. The van der Waals surface area contributed by atoms with Gasteiger partial charge in [-0.15, -0.1) is 11.3 Å². The zero-order valence-corrected chi connectivity index (χ0v) is 9.68. The molecule has 1 atom stereocenters. The molecule has 0 aromatic carbocycles. The van der Waals surface area contributed by atoms with Crippen molar-refractivity contribution in [3.05, 3.63) is 16.3 Å². The standard InChI is InChI=1S/C10H13NO3S/c1-6(7(2)12)11-10(13)9-4-8(14-3)5-15-9/h4-6H,1-3H3,(H,11,13). The topological polar surface area (TPSA) is 55.4 Å². The monoisotopic (exact) mass is 227 g/mol. The predicted octanol–water partition coefficient (Wildman–Crippen LogP) is 1.46. The van der Waals surface area contributed by atoms with Crippen molar-refractivity contribution in [1.29, 1.82) is 0 Å². The molecule has 0 bridgehead atoms. The minimum absolute atomic E-state index is 0.0631. The van der Waals surface area contributed by atoms with Gasteiger partial charge in [-0.3, -0.25) is 9.59 Å². The highest BCUT2D eigenvalue weighted by Gasteiger charge is 2.14. The molecular formula is C10H13NO3S. The Labute approximate surface area is 92.2 Å². The molecule has 0 saturated carbocycles. The van der Waals surface area contributed by atoms with Gasteiger partial charge in [-0.2, -0.15) is 0 Å². The fraction of sp³-hybridized carbons (Fsp3) is 0.400. The Balaban J connectivity index is 2.65. The number of hydrogen-bond acceptors (Lipinski definition) is 4. The van der Waals surface area contributed by atoms with Gasteiger partial charge in [-0.05, 0) is 13.8 Å². The quantitative estimate of drug-likeness (QED) is 0.847. The van der Waals surface area contributed by atoms with Crippen molar-refractivity contribution in [1.82, 2.24) is 5.32 Å². The molecule has 0 radical (unpaired) electrons. The minimum Gasteiger partial charge on any atom is -0.496 e. The van der Waals surface area contributed by atoms with Crippen LogP contribution >= 0.6 is 11.3 Å². The third-order valence-electron chi connectivity index (χ3n) is 1.99. The summed E-state index contributed by atoms with van der Waals surface area (Å²) < 4.78 is 4.96. The first-order chi connectivity index (χ1) is 7.04. The third-order valence-corrected chi connectivity index (χ3v) is 2.90. The lowest BCUT2D eigenvalue weighted by Crippen LogP contribution is -2.36. The molecule has 1 unspecified atom stereocenters. The van der Waals surface area contributed by atoms with Crippen LogP contribution in [0.4, 0.5) is 0 Å². The SMILES string of the molecule is COc1csc(C(=O)NC(C)C(C)=O)c1. The average molecular weight is 227 g/mol. The number of thiophene rings is 1. The number of nitrogens with one attached hydrogen (secondary N) is 1. The molecular weight excluding hydrogens is 214 g/mol. The number of carbonyl (C=O) groups excluding carboxylic acids is 2. The van der Waals surface area contributed by atoms with Crippen molar-refractivity contribution in [3.8, 4) is 5.75 Å². The van der Waals surface area contributed by atoms with Crippen LogP contribution in [0.1, 0.15) is 23.5 Å². The van der Waals surface area contributed by atoms with Crippen molar-refractivity contribution in [2.75, 3.05) is 7.11 Å². The van der Waals surface area contributed by atoms with Crippen LogP contribution < -0.4 is 10.1 Å². The minimum atomic E-state index is -0.453. The Kier molecular flexibility index (Phi) is 3.85. The Bertz CT molecular complexity index is 372. The van der Waals surface area contributed by atoms with Crippen LogP contribution in [0.2, 0.25) is 0 Å². The van der Waals surface area contributed by atoms with Crippen LogP contribution in [-0.2, 0) is 4.79 Å². The molecule has 1 amide bonds. The van der Waals surface area contributed by atoms with Gasteiger partial charge in [0.25, 0.3) is 5.91 Å². The highest BCUT2D eigenvalue weighted by molar-refractivity contribution is 7.12. The summed E-state index contributed by atoms with van der Waals surface area (Å²) in [5, 5.41) is 4.34. The summed E-state index contributed by atoms with van der Waals surface area (Å²) in [7, 11) is 1.54. The van der Waals surface area contributed by atoms with Crippen LogP contribution in [0.3, 0.4) is 0 Å². The molecule has 5 heteroatoms. The molecule has 0 aliphatic carbocycles. The lowest BCUT2D eigenvalue weighted by molar-refractivity contribution is -0.118. The molecule has 82 valence electrons. The number of ketones is 1. The van der Waals surface area contributed by atoms with Gasteiger partial charge in [0, 0.05) is 11.4 Å². The number of methoxy groups -OCH3 is 1. The number of hydrogen-bond donors (Lipinski definition) is 1. The first-order valence-corrected chi connectivity index (χ1v) is 5.36. The Morgan fingerprint density at radius 2 is 2.20 bits per heavy atom. The molecule has 1 rings (SSSR count). The van der Waals surface area contributed by atoms with Gasteiger partial charge in [0.15, 0.2) is 5.78 Å². The maximum Gasteiger partial charge on any atom is 0.262 e. The van der Waals surface area contributed by atoms with E-state index in [1.165, 1.54) is 18.3 Å². The van der Waals surface area contributed by atoms with Gasteiger partial charge in [0.2, 0.25) is 0 Å². The highest BCUT2D eigenvalue weighted by Crippen LogP contribution is 2.20. The molecule has 4 nitrogen and oxygen atoms in total. The normalized spacial score (nSPS) is 11.9. The van der Waals surface area contributed by atoms with Crippen molar-refractivity contribution in [2.45, 2.75) is 19.9 Å². The molecule has 0 spiro atoms. The molecule has 0 saturated heterocycles. The fourth-order valence-electron chi connectivity index (χ4n) is 0.914. The fourth-order valence-corrected chi connectivity index (χ4v) is 1.67. The highest BCUT2D eigenvalue weighted by atomic mass is 32.1. The maximum atomic E-state index is 11.6. The Morgan fingerprint density at radius 3 is 2.67 bits per heavy atom. The number of carbonyl (C=O) groups is 2. The second kappa shape index (κ2) is 4.93. The van der Waals surface area contributed by atoms with Crippen LogP contribution in [0.5, 0.6) is 5.75 Å². The van der Waals surface area contributed by atoms with Crippen LogP contribution in [0.15, 0.2) is 11.4 Å². The van der Waals surface area contributed by atoms with E-state index in [1.807, 2.05) is 0 Å². The maximum absolute atomic E-state index is 11.6. The number of ether oxygens (including phenoxy) is 1. The van der Waals surface area contributed by atoms with Crippen LogP contribution in [0.25, 0.3) is 0 Å². The first kappa shape index (κ1) is 11.7. The summed E-state index contributed by atoms with van der Waals surface area (Å²) in [5.74, 6) is 0.346. The zero-order valence-electron chi connectivity index (χ0n) is 8.87. The van der Waals surface area contributed by atoms with E-state index in [-0.39, 0.29) is 11.7 Å². The second-order valence-corrected chi connectivity index (χ2v) is 4.07. The summed E-state index contributed by atoms with van der Waals surface area (Å²) in [6, 6.07) is 1.19. The molecule has 0 aliphatic heterocycles. The van der Waals surface area contributed by atoms with Crippen molar-refractivity contribution in [2.24, 2.45) is 0 Å². The first-order valence-electron chi connectivity index (χ1n) is 4.48. The summed E-state index contributed by atoms with van der Waals surface area (Å²) >= 11 is 1.29. The van der Waals surface area contributed by atoms with Crippen molar-refractivity contribution >= 4 is 23.0 Å². The van der Waals surface area contributed by atoms with Gasteiger partial charge in [0.1, 0.15) is 5.75 Å². The van der Waals surface area contributed by atoms with Gasteiger partial charge in [0.05, 0.1) is 18.0 Å². The lowest BCUT2D eigenvalue weighted by atomic mass is 10.2. The smallest absolute Gasteiger partial charge is 0.262 e. The molecule has 1 heterocycles. The Hall–Kier alpha value is -1.36. The van der Waals surface area contributed by atoms with E-state index in [0.717, 1.165) is 0 Å². The number of Topliss-reactive ketones (excluding diaryl/α,β-unsaturated/α-hetero) is 1. The van der Waals surface area contributed by atoms with Crippen LogP contribution in [0, 0.1) is 0 Å². The van der Waals surface area contributed by atoms with Gasteiger partial charge in [-0.25, -0.2) is 0 Å². The van der Waals surface area contributed by atoms with E-state index < -0.39 is 6.04 Å². The molecule has 0 aliphatic rings. The zero-order chi connectivity index (χ0) is 11.4. The second-order valence-electron chi connectivity index (χ2n) is 3.16. The largest absolute Gasteiger partial charge is 0.496 e. The van der Waals surface area contributed by atoms with Gasteiger partial charge >= 0.3 is 0 Å². The van der Waals surface area contributed by atoms with Crippen molar-refractivity contribution < 1.29 is 14.3 Å². The molecule has 0 fully saturated rings. The van der Waals surface area contributed by atoms with E-state index in [9.17, 15) is 9.59 Å². The number of rotatable bonds is 4. The van der Waals surface area contributed by atoms with Gasteiger partial charge < -0.3 is 10.1 Å². The van der Waals surface area contributed by atoms with Gasteiger partial charge in [-0.1, -0.05) is 0 Å². The van der Waals surface area contributed by atoms with E-state index in [1.54, 1.807) is 25.5 Å². The molecule has 1 aromatic heterocycles. The summed E-state index contributed by atoms with van der Waals surface area (Å²) in [4.78, 5) is 23.1. The predicted molar refractivity (Wildman–Crippen MR) is 58.5 cm³/mol. The van der Waals surface area contributed by atoms with Crippen molar-refractivity contribution in [3.63, 3.8) is 0 Å².